The third-order valence-corrected chi connectivity index (χ3v) is 5.40. The Balaban J connectivity index is 1.64. The molecule has 2 N–H and O–H groups in total. The predicted octanol–water partition coefficient (Wildman–Crippen LogP) is 5.19. The standard InChI is InChI=1S/C23H19FN2O/c24-16-7-3-6-14(11-16)18-8-4-10-21-22(18)19(23(27)26-21)13-17-12-15-5-1-2-9-20(15)25-17/h3-4,6-8,10-13,25H,1-2,5,9H2,(H,26,27)/b19-13-. The zero-order valence-corrected chi connectivity index (χ0v) is 14.8. The Morgan fingerprint density at radius 2 is 1.85 bits per heavy atom. The van der Waals surface area contributed by atoms with Gasteiger partial charge in [-0.25, -0.2) is 4.39 Å². The van der Waals surface area contributed by atoms with E-state index in [2.05, 4.69) is 16.4 Å². The molecule has 0 atom stereocenters. The average molecular weight is 358 g/mol. The van der Waals surface area contributed by atoms with Crippen LogP contribution in [0.2, 0.25) is 0 Å². The van der Waals surface area contributed by atoms with Crippen molar-refractivity contribution in [3.63, 3.8) is 0 Å². The SMILES string of the molecule is O=C1Nc2cccc(-c3cccc(F)c3)c2/C1=C/c1cc2c([nH]1)CCCC2. The monoisotopic (exact) mass is 358 g/mol. The molecule has 27 heavy (non-hydrogen) atoms. The number of carbonyl (C=O) groups excluding carboxylic acids is 1. The van der Waals surface area contributed by atoms with Gasteiger partial charge in [-0.3, -0.25) is 4.79 Å². The number of benzene rings is 2. The van der Waals surface area contributed by atoms with Crippen LogP contribution in [-0.2, 0) is 17.6 Å². The van der Waals surface area contributed by atoms with Gasteiger partial charge >= 0.3 is 0 Å². The molecule has 0 unspecified atom stereocenters. The Morgan fingerprint density at radius 1 is 1.00 bits per heavy atom. The number of amides is 1. The number of aryl methyl sites for hydroxylation is 2. The quantitative estimate of drug-likeness (QED) is 0.608. The molecule has 0 saturated heterocycles. The molecule has 5 rings (SSSR count). The van der Waals surface area contributed by atoms with Crippen LogP contribution >= 0.6 is 0 Å². The third kappa shape index (κ3) is 2.78. The van der Waals surface area contributed by atoms with Crippen LogP contribution in [0.3, 0.4) is 0 Å². The normalized spacial score (nSPS) is 16.9. The summed E-state index contributed by atoms with van der Waals surface area (Å²) in [5.74, 6) is -0.411. The maximum atomic E-state index is 13.8. The smallest absolute Gasteiger partial charge is 0.256 e. The molecular formula is C23H19FN2O. The molecule has 3 aromatic rings. The van der Waals surface area contributed by atoms with E-state index in [-0.39, 0.29) is 11.7 Å². The van der Waals surface area contributed by atoms with Crippen LogP contribution in [0.15, 0.2) is 48.5 Å². The fourth-order valence-corrected chi connectivity index (χ4v) is 4.15. The molecule has 0 saturated carbocycles. The Kier molecular flexibility index (Phi) is 3.71. The van der Waals surface area contributed by atoms with Gasteiger partial charge in [0.2, 0.25) is 0 Å². The van der Waals surface area contributed by atoms with Crippen molar-refractivity contribution in [1.29, 1.82) is 0 Å². The van der Waals surface area contributed by atoms with Crippen LogP contribution in [0.5, 0.6) is 0 Å². The van der Waals surface area contributed by atoms with Gasteiger partial charge in [-0.1, -0.05) is 24.3 Å². The van der Waals surface area contributed by atoms with Crippen molar-refractivity contribution in [2.75, 3.05) is 5.32 Å². The van der Waals surface area contributed by atoms with Crippen LogP contribution < -0.4 is 5.32 Å². The Bertz CT molecular complexity index is 1070. The van der Waals surface area contributed by atoms with E-state index in [1.54, 1.807) is 6.07 Å². The Morgan fingerprint density at radius 3 is 2.70 bits per heavy atom. The van der Waals surface area contributed by atoms with Crippen molar-refractivity contribution in [3.05, 3.63) is 76.9 Å². The van der Waals surface area contributed by atoms with Crippen LogP contribution in [0, 0.1) is 5.82 Å². The topological polar surface area (TPSA) is 44.9 Å². The summed E-state index contributed by atoms with van der Waals surface area (Å²) < 4.78 is 13.8. The van der Waals surface area contributed by atoms with Crippen LogP contribution in [0.4, 0.5) is 10.1 Å². The molecule has 0 radical (unpaired) electrons. The highest BCUT2D eigenvalue weighted by molar-refractivity contribution is 6.36. The number of aromatic amines is 1. The summed E-state index contributed by atoms with van der Waals surface area (Å²) in [7, 11) is 0. The molecule has 2 heterocycles. The van der Waals surface area contributed by atoms with Crippen molar-refractivity contribution >= 4 is 23.2 Å². The van der Waals surface area contributed by atoms with Crippen molar-refractivity contribution in [3.8, 4) is 11.1 Å². The van der Waals surface area contributed by atoms with Gasteiger partial charge in [-0.15, -0.1) is 0 Å². The van der Waals surface area contributed by atoms with Gasteiger partial charge < -0.3 is 10.3 Å². The summed E-state index contributed by atoms with van der Waals surface area (Å²) in [6.45, 7) is 0. The molecule has 3 nitrogen and oxygen atoms in total. The first kappa shape index (κ1) is 16.1. The summed E-state index contributed by atoms with van der Waals surface area (Å²) >= 11 is 0. The second-order valence-corrected chi connectivity index (χ2v) is 7.19. The fourth-order valence-electron chi connectivity index (χ4n) is 4.15. The van der Waals surface area contributed by atoms with E-state index in [1.807, 2.05) is 30.3 Å². The average Bonchev–Trinajstić information content (AvgIpc) is 3.22. The number of hydrogen-bond acceptors (Lipinski definition) is 1. The number of nitrogens with one attached hydrogen (secondary N) is 2. The Hall–Kier alpha value is -3.14. The number of carbonyl (C=O) groups is 1. The van der Waals surface area contributed by atoms with Gasteiger partial charge in [-0.05, 0) is 72.7 Å². The summed E-state index contributed by atoms with van der Waals surface area (Å²) in [5.41, 5.74) is 7.42. The highest BCUT2D eigenvalue weighted by Gasteiger charge is 2.27. The maximum absolute atomic E-state index is 13.8. The molecule has 0 fully saturated rings. The summed E-state index contributed by atoms with van der Waals surface area (Å²) in [6, 6.07) is 14.3. The number of halogens is 1. The van der Waals surface area contributed by atoms with Crippen LogP contribution in [0.1, 0.15) is 35.4 Å². The minimum Gasteiger partial charge on any atom is -0.359 e. The van der Waals surface area contributed by atoms with Crippen molar-refractivity contribution in [1.82, 2.24) is 4.98 Å². The van der Waals surface area contributed by atoms with Gasteiger partial charge in [0, 0.05) is 22.6 Å². The molecule has 134 valence electrons. The highest BCUT2D eigenvalue weighted by Crippen LogP contribution is 2.40. The largest absolute Gasteiger partial charge is 0.359 e. The molecular weight excluding hydrogens is 339 g/mol. The minimum absolute atomic E-state index is 0.124. The lowest BCUT2D eigenvalue weighted by molar-refractivity contribution is -0.110. The van der Waals surface area contributed by atoms with Gasteiger partial charge in [-0.2, -0.15) is 0 Å². The van der Waals surface area contributed by atoms with Crippen LogP contribution in [0.25, 0.3) is 22.8 Å². The first-order valence-electron chi connectivity index (χ1n) is 9.32. The van der Waals surface area contributed by atoms with Gasteiger partial charge in [0.05, 0.1) is 5.57 Å². The summed E-state index contributed by atoms with van der Waals surface area (Å²) in [5, 5.41) is 2.94. The maximum Gasteiger partial charge on any atom is 0.256 e. The lowest BCUT2D eigenvalue weighted by atomic mass is 9.94. The van der Waals surface area contributed by atoms with Crippen molar-refractivity contribution in [2.24, 2.45) is 0 Å². The zero-order chi connectivity index (χ0) is 18.4. The Labute approximate surface area is 156 Å². The zero-order valence-electron chi connectivity index (χ0n) is 14.8. The van der Waals surface area contributed by atoms with E-state index >= 15 is 0 Å². The van der Waals surface area contributed by atoms with E-state index < -0.39 is 0 Å². The van der Waals surface area contributed by atoms with Gasteiger partial charge in [0.25, 0.3) is 5.91 Å². The first-order valence-corrected chi connectivity index (χ1v) is 9.32. The van der Waals surface area contributed by atoms with E-state index in [4.69, 9.17) is 0 Å². The predicted molar refractivity (Wildman–Crippen MR) is 106 cm³/mol. The highest BCUT2D eigenvalue weighted by atomic mass is 19.1. The van der Waals surface area contributed by atoms with E-state index in [1.165, 1.54) is 36.2 Å². The molecule has 2 aliphatic rings. The molecule has 1 aromatic heterocycles. The van der Waals surface area contributed by atoms with E-state index in [0.717, 1.165) is 40.9 Å². The van der Waals surface area contributed by atoms with E-state index in [0.29, 0.717) is 5.57 Å². The van der Waals surface area contributed by atoms with Crippen molar-refractivity contribution in [2.45, 2.75) is 25.7 Å². The first-order chi connectivity index (χ1) is 13.2. The fraction of sp³-hybridized carbons (Fsp3) is 0.174. The molecule has 1 amide bonds. The molecule has 1 aliphatic heterocycles. The molecule has 2 aromatic carbocycles. The summed E-state index contributed by atoms with van der Waals surface area (Å²) in [4.78, 5) is 16.1. The lowest BCUT2D eigenvalue weighted by Gasteiger charge is -2.09. The number of rotatable bonds is 2. The van der Waals surface area contributed by atoms with E-state index in [9.17, 15) is 9.18 Å². The molecule has 4 heteroatoms. The number of anilines is 1. The van der Waals surface area contributed by atoms with Gasteiger partial charge in [0.1, 0.15) is 5.82 Å². The number of fused-ring (bicyclic) bond motifs is 2. The molecule has 1 aliphatic carbocycles. The molecule has 0 spiro atoms. The number of aromatic nitrogens is 1. The number of H-pyrrole nitrogens is 1. The van der Waals surface area contributed by atoms with Crippen LogP contribution in [-0.4, -0.2) is 10.9 Å². The second-order valence-electron chi connectivity index (χ2n) is 7.19. The lowest BCUT2D eigenvalue weighted by Crippen LogP contribution is -2.03. The molecule has 0 bridgehead atoms. The number of hydrogen-bond donors (Lipinski definition) is 2. The minimum atomic E-state index is -0.287. The third-order valence-electron chi connectivity index (χ3n) is 5.40. The summed E-state index contributed by atoms with van der Waals surface area (Å²) in [6.07, 6.45) is 6.49. The van der Waals surface area contributed by atoms with Crippen molar-refractivity contribution < 1.29 is 9.18 Å². The van der Waals surface area contributed by atoms with Gasteiger partial charge in [0.15, 0.2) is 0 Å². The second kappa shape index (κ2) is 6.23.